The van der Waals surface area contributed by atoms with Gasteiger partial charge in [0.05, 0.1) is 16.8 Å². The monoisotopic (exact) mass is 357 g/mol. The van der Waals surface area contributed by atoms with Gasteiger partial charge in [-0.25, -0.2) is 4.98 Å². The minimum Gasteiger partial charge on any atom is -0.400 e. The lowest BCUT2D eigenvalue weighted by Gasteiger charge is -2.32. The summed E-state index contributed by atoms with van der Waals surface area (Å²) in [6, 6.07) is 0.975. The second kappa shape index (κ2) is 6.62. The summed E-state index contributed by atoms with van der Waals surface area (Å²) >= 11 is 0. The summed E-state index contributed by atoms with van der Waals surface area (Å²) < 4.78 is 51.0. The van der Waals surface area contributed by atoms with Crippen molar-refractivity contribution in [3.05, 3.63) is 28.9 Å². The average molecular weight is 357 g/mol. The molecule has 2 heterocycles. The first-order chi connectivity index (χ1) is 11.4. The highest BCUT2D eigenvalue weighted by atomic mass is 19.4. The third-order valence-corrected chi connectivity index (χ3v) is 4.53. The summed E-state index contributed by atoms with van der Waals surface area (Å²) in [4.78, 5) is 3.65. The second-order valence-electron chi connectivity index (χ2n) is 7.04. The van der Waals surface area contributed by atoms with E-state index in [2.05, 4.69) is 10.3 Å². The molecule has 2 rings (SSSR count). The topological polar surface area (TPSA) is 69.4 Å². The van der Waals surface area contributed by atoms with E-state index in [0.29, 0.717) is 12.0 Å². The predicted molar refractivity (Wildman–Crippen MR) is 91.6 cm³/mol. The van der Waals surface area contributed by atoms with E-state index in [0.717, 1.165) is 6.07 Å². The first kappa shape index (κ1) is 19.7. The number of hydrogen-bond donors (Lipinski definition) is 2. The Morgan fingerprint density at radius 1 is 1.28 bits per heavy atom. The van der Waals surface area contributed by atoms with E-state index in [-0.39, 0.29) is 5.56 Å². The molecule has 0 spiro atoms. The molecule has 0 aliphatic carbocycles. The van der Waals surface area contributed by atoms with Crippen molar-refractivity contribution >= 4 is 19.0 Å². The van der Waals surface area contributed by atoms with Crippen LogP contribution in [0.15, 0.2) is 17.7 Å². The molecule has 9 heteroatoms. The third kappa shape index (κ3) is 4.16. The summed E-state index contributed by atoms with van der Waals surface area (Å²) in [6.45, 7) is 8.04. The summed E-state index contributed by atoms with van der Waals surface area (Å²) in [7, 11) is 1.07. The molecular weight excluding hydrogens is 334 g/mol. The van der Waals surface area contributed by atoms with Crippen LogP contribution in [0, 0.1) is 0 Å². The fourth-order valence-corrected chi connectivity index (χ4v) is 2.41. The van der Waals surface area contributed by atoms with Gasteiger partial charge in [-0.2, -0.15) is 13.2 Å². The van der Waals surface area contributed by atoms with E-state index in [1.54, 1.807) is 13.1 Å². The zero-order valence-electron chi connectivity index (χ0n) is 15.0. The molecule has 1 aliphatic heterocycles. The van der Waals surface area contributed by atoms with Crippen molar-refractivity contribution in [2.75, 3.05) is 19.3 Å². The number of likely N-dealkylation sites (N-methyl/N-ethyl adjacent to an activating group) is 1. The number of nitrogens with zero attached hydrogens (tertiary/aromatic N) is 1. The van der Waals surface area contributed by atoms with Gasteiger partial charge in [0, 0.05) is 12.7 Å². The number of alkyl halides is 3. The highest BCUT2D eigenvalue weighted by Crippen LogP contribution is 2.39. The molecular formula is C16H23BF3N3O2. The van der Waals surface area contributed by atoms with Crippen LogP contribution in [0.4, 0.5) is 19.0 Å². The Bertz CT molecular complexity index is 659. The van der Waals surface area contributed by atoms with E-state index >= 15 is 0 Å². The normalized spacial score (nSPS) is 20.2. The van der Waals surface area contributed by atoms with Crippen LogP contribution in [0.2, 0.25) is 0 Å². The fraction of sp³-hybridized carbons (Fsp3) is 0.562. The Morgan fingerprint density at radius 2 is 1.84 bits per heavy atom. The van der Waals surface area contributed by atoms with Crippen LogP contribution in [0.1, 0.15) is 38.8 Å². The van der Waals surface area contributed by atoms with Gasteiger partial charge >= 0.3 is 13.3 Å². The first-order valence-corrected chi connectivity index (χ1v) is 7.91. The second-order valence-corrected chi connectivity index (χ2v) is 7.04. The Kier molecular flexibility index (Phi) is 5.23. The maximum atomic E-state index is 13.0. The number of nitrogen functional groups attached to an aromatic ring is 1. The smallest absolute Gasteiger partial charge is 0.400 e. The quantitative estimate of drug-likeness (QED) is 0.811. The van der Waals surface area contributed by atoms with Gasteiger partial charge < -0.3 is 20.4 Å². The highest BCUT2D eigenvalue weighted by molar-refractivity contribution is 6.55. The number of nitrogens with two attached hydrogens (primary N) is 1. The van der Waals surface area contributed by atoms with Crippen molar-refractivity contribution in [2.45, 2.75) is 45.1 Å². The van der Waals surface area contributed by atoms with Crippen molar-refractivity contribution < 1.29 is 22.5 Å². The lowest BCUT2D eigenvalue weighted by molar-refractivity contribution is -0.137. The molecule has 5 nitrogen and oxygen atoms in total. The van der Waals surface area contributed by atoms with Crippen molar-refractivity contribution in [2.24, 2.45) is 0 Å². The summed E-state index contributed by atoms with van der Waals surface area (Å²) in [5.74, 6) is -0.546. The van der Waals surface area contributed by atoms with Gasteiger partial charge in [-0.15, -0.1) is 0 Å². The van der Waals surface area contributed by atoms with Gasteiger partial charge in [-0.1, -0.05) is 6.08 Å². The zero-order valence-corrected chi connectivity index (χ0v) is 15.0. The molecule has 0 amide bonds. The Morgan fingerprint density at radius 3 is 2.32 bits per heavy atom. The standard InChI is InChI=1S/C16H23BF3N3O2/c1-14(2)15(3,4)25-17(24-14)11(9-22-5)6-10-7-12(16(18,19)20)13(21)23-8-10/h6-8,22H,9H2,1-5H3,(H2,21,23). The van der Waals surface area contributed by atoms with Crippen LogP contribution in [-0.4, -0.2) is 36.9 Å². The molecule has 1 aliphatic rings. The molecule has 25 heavy (non-hydrogen) atoms. The van der Waals surface area contributed by atoms with Crippen LogP contribution >= 0.6 is 0 Å². The van der Waals surface area contributed by atoms with Crippen molar-refractivity contribution in [1.82, 2.24) is 10.3 Å². The zero-order chi connectivity index (χ0) is 19.0. The lowest BCUT2D eigenvalue weighted by atomic mass is 9.77. The molecule has 1 fully saturated rings. The Hall–Kier alpha value is -1.58. The Balaban J connectivity index is 2.39. The van der Waals surface area contributed by atoms with Crippen LogP contribution in [0.3, 0.4) is 0 Å². The number of halogens is 3. The number of aromatic nitrogens is 1. The van der Waals surface area contributed by atoms with Crippen molar-refractivity contribution in [3.8, 4) is 0 Å². The van der Waals surface area contributed by atoms with Gasteiger partial charge in [0.1, 0.15) is 5.82 Å². The van der Waals surface area contributed by atoms with Gasteiger partial charge in [-0.05, 0) is 51.8 Å². The first-order valence-electron chi connectivity index (χ1n) is 7.91. The molecule has 0 radical (unpaired) electrons. The summed E-state index contributed by atoms with van der Waals surface area (Å²) in [5.41, 5.74) is 4.25. The Labute approximate surface area is 145 Å². The van der Waals surface area contributed by atoms with Crippen LogP contribution in [-0.2, 0) is 15.5 Å². The van der Waals surface area contributed by atoms with Crippen molar-refractivity contribution in [3.63, 3.8) is 0 Å². The van der Waals surface area contributed by atoms with E-state index in [9.17, 15) is 13.2 Å². The number of anilines is 1. The van der Waals surface area contributed by atoms with Gasteiger partial charge in [0.25, 0.3) is 0 Å². The van der Waals surface area contributed by atoms with E-state index in [1.807, 2.05) is 27.7 Å². The number of pyridine rings is 1. The molecule has 0 bridgehead atoms. The van der Waals surface area contributed by atoms with E-state index in [4.69, 9.17) is 15.0 Å². The van der Waals surface area contributed by atoms with Gasteiger partial charge in [0.15, 0.2) is 0 Å². The molecule has 0 saturated carbocycles. The van der Waals surface area contributed by atoms with Crippen LogP contribution in [0.25, 0.3) is 6.08 Å². The highest BCUT2D eigenvalue weighted by Gasteiger charge is 2.52. The largest absolute Gasteiger partial charge is 0.491 e. The fourth-order valence-electron chi connectivity index (χ4n) is 2.41. The molecule has 1 aromatic rings. The molecule has 0 unspecified atom stereocenters. The molecule has 3 N–H and O–H groups in total. The minimum absolute atomic E-state index is 0.279. The molecule has 0 aromatic carbocycles. The molecule has 138 valence electrons. The van der Waals surface area contributed by atoms with Crippen LogP contribution in [0.5, 0.6) is 0 Å². The van der Waals surface area contributed by atoms with Gasteiger partial charge in [-0.3, -0.25) is 0 Å². The van der Waals surface area contributed by atoms with E-state index < -0.39 is 35.9 Å². The van der Waals surface area contributed by atoms with Crippen molar-refractivity contribution in [1.29, 1.82) is 0 Å². The minimum atomic E-state index is -4.56. The number of rotatable bonds is 4. The van der Waals surface area contributed by atoms with Gasteiger partial charge in [0.2, 0.25) is 0 Å². The van der Waals surface area contributed by atoms with Crippen LogP contribution < -0.4 is 11.1 Å². The molecule has 1 saturated heterocycles. The molecule has 1 aromatic heterocycles. The average Bonchev–Trinajstić information content (AvgIpc) is 2.67. The maximum Gasteiger partial charge on any atom is 0.491 e. The SMILES string of the molecule is CNCC(=Cc1cnc(N)c(C(F)(F)F)c1)B1OC(C)(C)C(C)(C)O1. The predicted octanol–water partition coefficient (Wildman–Crippen LogP) is 2.92. The number of hydrogen-bond acceptors (Lipinski definition) is 5. The molecule has 0 atom stereocenters. The maximum absolute atomic E-state index is 13.0. The lowest BCUT2D eigenvalue weighted by Crippen LogP contribution is -2.41. The number of nitrogens with one attached hydrogen (secondary N) is 1. The summed E-state index contributed by atoms with van der Waals surface area (Å²) in [6.07, 6.45) is -1.68. The van der Waals surface area contributed by atoms with E-state index in [1.165, 1.54) is 6.20 Å². The third-order valence-electron chi connectivity index (χ3n) is 4.53. The summed E-state index contributed by atoms with van der Waals surface area (Å²) in [5, 5.41) is 2.98.